The molecule has 8 heteroatoms. The molecule has 0 bridgehead atoms. The summed E-state index contributed by atoms with van der Waals surface area (Å²) in [6.45, 7) is 0. The van der Waals surface area contributed by atoms with Crippen molar-refractivity contribution in [2.45, 2.75) is 27.5 Å². The second-order valence-electron chi connectivity index (χ2n) is 8.36. The number of ether oxygens (including phenoxy) is 1. The number of hydrogen-bond acceptors (Lipinski definition) is 5. The number of aromatic nitrogens is 3. The number of alkyl halides is 1. The molecule has 6 nitrogen and oxygen atoms in total. The highest BCUT2D eigenvalue weighted by molar-refractivity contribution is 7.99. The Kier molecular flexibility index (Phi) is 5.12. The third-order valence-corrected chi connectivity index (χ3v) is 8.38. The lowest BCUT2D eigenvalue weighted by atomic mass is 9.73. The van der Waals surface area contributed by atoms with Crippen LogP contribution in [-0.4, -0.2) is 33.4 Å². The zero-order chi connectivity index (χ0) is 23.3. The molecular weight excluding hydrogens is 468 g/mol. The number of thioether (sulfide) groups is 1. The first kappa shape index (κ1) is 21.3. The SMILES string of the molecule is COc1ccc(C23CC(c4cnn(-c5ccccc5)n4)Sc4ccccc4N2C(=O)C3Cl)cc1. The van der Waals surface area contributed by atoms with Crippen molar-refractivity contribution < 1.29 is 9.53 Å². The average molecular weight is 489 g/mol. The lowest BCUT2D eigenvalue weighted by molar-refractivity contribution is -0.127. The molecule has 1 amide bonds. The molecule has 1 fully saturated rings. The molecule has 3 heterocycles. The lowest BCUT2D eigenvalue weighted by Gasteiger charge is -2.55. The molecule has 1 saturated heterocycles. The minimum Gasteiger partial charge on any atom is -0.497 e. The van der Waals surface area contributed by atoms with Crippen molar-refractivity contribution >= 4 is 35.0 Å². The van der Waals surface area contributed by atoms with Gasteiger partial charge in [0.25, 0.3) is 0 Å². The van der Waals surface area contributed by atoms with Crippen molar-refractivity contribution in [1.29, 1.82) is 0 Å². The Morgan fingerprint density at radius 1 is 1.03 bits per heavy atom. The van der Waals surface area contributed by atoms with Crippen molar-refractivity contribution in [2.75, 3.05) is 12.0 Å². The van der Waals surface area contributed by atoms with Gasteiger partial charge in [-0.3, -0.25) is 9.69 Å². The number of nitrogens with zero attached hydrogens (tertiary/aromatic N) is 4. The third-order valence-electron chi connectivity index (χ3n) is 6.54. The van der Waals surface area contributed by atoms with Crippen LogP contribution in [0.5, 0.6) is 5.75 Å². The number of benzene rings is 3. The largest absolute Gasteiger partial charge is 0.497 e. The van der Waals surface area contributed by atoms with Gasteiger partial charge in [-0.05, 0) is 48.4 Å². The molecule has 0 spiro atoms. The molecule has 0 aliphatic carbocycles. The summed E-state index contributed by atoms with van der Waals surface area (Å²) in [4.78, 5) is 17.7. The Hall–Kier alpha value is -3.29. The lowest BCUT2D eigenvalue weighted by Crippen LogP contribution is -2.70. The van der Waals surface area contributed by atoms with E-state index in [9.17, 15) is 4.79 Å². The van der Waals surface area contributed by atoms with Crippen LogP contribution in [0.15, 0.2) is 90.0 Å². The van der Waals surface area contributed by atoms with E-state index in [1.807, 2.05) is 90.0 Å². The summed E-state index contributed by atoms with van der Waals surface area (Å²) in [6, 6.07) is 25.7. The fourth-order valence-electron chi connectivity index (χ4n) is 4.85. The maximum absolute atomic E-state index is 13.2. The first-order valence-electron chi connectivity index (χ1n) is 11.0. The Morgan fingerprint density at radius 2 is 1.76 bits per heavy atom. The molecule has 4 aromatic rings. The molecule has 3 aromatic carbocycles. The van der Waals surface area contributed by atoms with Gasteiger partial charge in [0.15, 0.2) is 0 Å². The number of para-hydroxylation sites is 2. The second-order valence-corrected chi connectivity index (χ2v) is 10.0. The smallest absolute Gasteiger partial charge is 0.248 e. The third kappa shape index (κ3) is 3.15. The molecule has 34 heavy (non-hydrogen) atoms. The number of β-lactam (4-membered cyclic amide) rings is 1. The number of fused-ring (bicyclic) bond motifs is 3. The number of halogens is 1. The molecule has 2 aliphatic rings. The van der Waals surface area contributed by atoms with E-state index in [1.54, 1.807) is 23.7 Å². The van der Waals surface area contributed by atoms with Crippen LogP contribution in [0.3, 0.4) is 0 Å². The summed E-state index contributed by atoms with van der Waals surface area (Å²) in [5.74, 6) is 0.674. The molecule has 6 rings (SSSR count). The zero-order valence-electron chi connectivity index (χ0n) is 18.3. The maximum Gasteiger partial charge on any atom is 0.248 e. The van der Waals surface area contributed by atoms with Gasteiger partial charge in [0.2, 0.25) is 5.91 Å². The van der Waals surface area contributed by atoms with Crippen LogP contribution in [0.1, 0.15) is 22.9 Å². The summed E-state index contributed by atoms with van der Waals surface area (Å²) >= 11 is 8.56. The van der Waals surface area contributed by atoms with E-state index < -0.39 is 10.9 Å². The highest BCUT2D eigenvalue weighted by Crippen LogP contribution is 2.60. The van der Waals surface area contributed by atoms with Gasteiger partial charge in [0.1, 0.15) is 11.1 Å². The number of amides is 1. The molecule has 0 N–H and O–H groups in total. The van der Waals surface area contributed by atoms with Crippen LogP contribution in [0.25, 0.3) is 5.69 Å². The van der Waals surface area contributed by atoms with E-state index >= 15 is 0 Å². The number of methoxy groups -OCH3 is 1. The predicted molar refractivity (Wildman–Crippen MR) is 133 cm³/mol. The molecule has 2 aliphatic heterocycles. The van der Waals surface area contributed by atoms with E-state index in [1.165, 1.54) is 0 Å². The Morgan fingerprint density at radius 3 is 2.53 bits per heavy atom. The summed E-state index contributed by atoms with van der Waals surface area (Å²) in [5, 5.41) is 8.60. The topological polar surface area (TPSA) is 60.2 Å². The van der Waals surface area contributed by atoms with E-state index in [-0.39, 0.29) is 11.2 Å². The molecule has 170 valence electrons. The highest BCUT2D eigenvalue weighted by Gasteiger charge is 2.63. The van der Waals surface area contributed by atoms with Crippen LogP contribution < -0.4 is 9.64 Å². The first-order chi connectivity index (χ1) is 16.6. The van der Waals surface area contributed by atoms with Gasteiger partial charge in [0.05, 0.1) is 41.2 Å². The second kappa shape index (κ2) is 8.18. The fourth-order valence-corrected chi connectivity index (χ4v) is 6.58. The minimum absolute atomic E-state index is 0.0555. The highest BCUT2D eigenvalue weighted by atomic mass is 35.5. The van der Waals surface area contributed by atoms with Gasteiger partial charge in [-0.2, -0.15) is 15.0 Å². The number of carbonyl (C=O) groups is 1. The van der Waals surface area contributed by atoms with Crippen LogP contribution in [0.4, 0.5) is 5.69 Å². The molecular formula is C26H21ClN4O2S. The quantitative estimate of drug-likeness (QED) is 0.286. The number of rotatable bonds is 4. The van der Waals surface area contributed by atoms with E-state index in [4.69, 9.17) is 21.4 Å². The van der Waals surface area contributed by atoms with Crippen molar-refractivity contribution in [3.8, 4) is 11.4 Å². The number of hydrogen-bond donors (Lipinski definition) is 0. The molecule has 0 radical (unpaired) electrons. The van der Waals surface area contributed by atoms with Crippen molar-refractivity contribution in [1.82, 2.24) is 15.0 Å². The van der Waals surface area contributed by atoms with Crippen LogP contribution in [0.2, 0.25) is 0 Å². The van der Waals surface area contributed by atoms with Gasteiger partial charge in [-0.1, -0.05) is 42.5 Å². The number of carbonyl (C=O) groups excluding carboxylic acids is 1. The van der Waals surface area contributed by atoms with Crippen molar-refractivity contribution in [3.05, 3.63) is 96.3 Å². The summed E-state index contributed by atoms with van der Waals surface area (Å²) < 4.78 is 5.36. The molecule has 1 aromatic heterocycles. The van der Waals surface area contributed by atoms with Crippen molar-refractivity contribution in [2.24, 2.45) is 0 Å². The maximum atomic E-state index is 13.2. The zero-order valence-corrected chi connectivity index (χ0v) is 19.9. The van der Waals surface area contributed by atoms with E-state index in [2.05, 4.69) is 5.10 Å². The fraction of sp³-hybridized carbons (Fsp3) is 0.192. The molecule has 0 saturated carbocycles. The Bertz CT molecular complexity index is 1360. The van der Waals surface area contributed by atoms with Crippen LogP contribution in [0, 0.1) is 0 Å². The van der Waals surface area contributed by atoms with Gasteiger partial charge in [-0.15, -0.1) is 23.4 Å². The Labute approximate surface area is 206 Å². The van der Waals surface area contributed by atoms with E-state index in [0.717, 1.165) is 33.3 Å². The Balaban J connectivity index is 1.48. The van der Waals surface area contributed by atoms with Crippen LogP contribution in [-0.2, 0) is 10.3 Å². The predicted octanol–water partition coefficient (Wildman–Crippen LogP) is 5.36. The summed E-state index contributed by atoms with van der Waals surface area (Å²) in [5.41, 5.74) is 2.90. The molecule has 3 unspecified atom stereocenters. The van der Waals surface area contributed by atoms with Gasteiger partial charge >= 0.3 is 0 Å². The van der Waals surface area contributed by atoms with Gasteiger partial charge in [-0.25, -0.2) is 0 Å². The van der Waals surface area contributed by atoms with Crippen LogP contribution >= 0.6 is 23.4 Å². The van der Waals surface area contributed by atoms with Gasteiger partial charge < -0.3 is 4.74 Å². The van der Waals surface area contributed by atoms with Crippen molar-refractivity contribution in [3.63, 3.8) is 0 Å². The minimum atomic E-state index is -0.703. The first-order valence-corrected chi connectivity index (χ1v) is 12.3. The van der Waals surface area contributed by atoms with Gasteiger partial charge in [0, 0.05) is 4.90 Å². The normalized spacial score (nSPS) is 23.5. The standard InChI is InChI=1S/C26H21ClN4O2S/c1-33-19-13-11-17(12-14-19)26-15-23(20-16-28-31(29-20)18-7-3-2-4-8-18)34-22-10-6-5-9-21(22)30(26)25(32)24(26)27/h2-14,16,23-24H,15H2,1H3. The number of anilines is 1. The monoisotopic (exact) mass is 488 g/mol. The summed E-state index contributed by atoms with van der Waals surface area (Å²) in [6.07, 6.45) is 2.42. The van der Waals surface area contributed by atoms with E-state index in [0.29, 0.717) is 6.42 Å². The summed E-state index contributed by atoms with van der Waals surface area (Å²) in [7, 11) is 1.64. The average Bonchev–Trinajstić information content (AvgIpc) is 3.34. The molecule has 3 atom stereocenters.